The first kappa shape index (κ1) is 10.9. The lowest BCUT2D eigenvalue weighted by molar-refractivity contribution is -0.131. The molecule has 0 aromatic rings. The number of carbonyl (C=O) groups is 1. The minimum absolute atomic E-state index is 0.0383. The Bertz CT molecular complexity index is 175. The van der Waals surface area contributed by atoms with Crippen LogP contribution in [-0.2, 0) is 4.79 Å². The Morgan fingerprint density at radius 2 is 2.33 bits per heavy atom. The van der Waals surface area contributed by atoms with E-state index in [1.807, 2.05) is 0 Å². The van der Waals surface area contributed by atoms with E-state index < -0.39 is 12.6 Å². The quantitative estimate of drug-likeness (QED) is 0.492. The standard InChI is InChI=1S/C9H13FO2/c1-2-3-8(6-7-10)4-5-9(11)12/h2,4-5,8H,1,3,6-7H2,(H,11,12)/b5-4+. The molecule has 3 heteroatoms. The third-order valence-electron chi connectivity index (χ3n) is 1.46. The molecule has 0 spiro atoms. The van der Waals surface area contributed by atoms with Crippen LogP contribution in [0.3, 0.4) is 0 Å². The van der Waals surface area contributed by atoms with Crippen LogP contribution >= 0.6 is 0 Å². The average molecular weight is 172 g/mol. The van der Waals surface area contributed by atoms with Crippen molar-refractivity contribution in [2.45, 2.75) is 12.8 Å². The van der Waals surface area contributed by atoms with Crippen LogP contribution < -0.4 is 0 Å². The smallest absolute Gasteiger partial charge is 0.327 e. The van der Waals surface area contributed by atoms with Gasteiger partial charge in [-0.15, -0.1) is 6.58 Å². The summed E-state index contributed by atoms with van der Waals surface area (Å²) in [5, 5.41) is 8.29. The molecule has 0 radical (unpaired) electrons. The number of rotatable bonds is 6. The number of hydrogen-bond acceptors (Lipinski definition) is 1. The molecular weight excluding hydrogens is 159 g/mol. The first-order valence-corrected chi connectivity index (χ1v) is 3.78. The minimum Gasteiger partial charge on any atom is -0.478 e. The Balaban J connectivity index is 3.92. The summed E-state index contributed by atoms with van der Waals surface area (Å²) in [6, 6.07) is 0. The molecule has 0 bridgehead atoms. The highest BCUT2D eigenvalue weighted by molar-refractivity contribution is 5.79. The summed E-state index contributed by atoms with van der Waals surface area (Å²) in [4.78, 5) is 10.1. The molecule has 0 heterocycles. The van der Waals surface area contributed by atoms with Crippen LogP contribution in [0.1, 0.15) is 12.8 Å². The zero-order valence-electron chi connectivity index (χ0n) is 6.87. The summed E-state index contributed by atoms with van der Waals surface area (Å²) in [7, 11) is 0. The Kier molecular flexibility index (Phi) is 5.97. The molecule has 1 N–H and O–H groups in total. The normalized spacial score (nSPS) is 13.1. The van der Waals surface area contributed by atoms with Crippen LogP contribution in [0, 0.1) is 5.92 Å². The molecule has 1 unspecified atom stereocenters. The Labute approximate surface area is 71.4 Å². The Morgan fingerprint density at radius 1 is 1.67 bits per heavy atom. The van der Waals surface area contributed by atoms with Gasteiger partial charge in [-0.05, 0) is 18.8 Å². The number of carboxylic acids is 1. The second kappa shape index (κ2) is 6.58. The first-order valence-electron chi connectivity index (χ1n) is 3.78. The number of carboxylic acid groups (broad SMARTS) is 1. The largest absolute Gasteiger partial charge is 0.478 e. The van der Waals surface area contributed by atoms with E-state index in [1.165, 1.54) is 6.08 Å². The van der Waals surface area contributed by atoms with Crippen molar-refractivity contribution in [3.8, 4) is 0 Å². The molecule has 0 aliphatic heterocycles. The average Bonchev–Trinajstić information content (AvgIpc) is 2.01. The fraction of sp³-hybridized carbons (Fsp3) is 0.444. The van der Waals surface area contributed by atoms with E-state index in [0.29, 0.717) is 12.8 Å². The van der Waals surface area contributed by atoms with Crippen LogP contribution in [0.15, 0.2) is 24.8 Å². The number of alkyl halides is 1. The molecule has 68 valence electrons. The molecular formula is C9H13FO2. The van der Waals surface area contributed by atoms with Gasteiger partial charge >= 0.3 is 5.97 Å². The van der Waals surface area contributed by atoms with Crippen LogP contribution in [0.2, 0.25) is 0 Å². The van der Waals surface area contributed by atoms with E-state index in [2.05, 4.69) is 6.58 Å². The van der Waals surface area contributed by atoms with Crippen molar-refractivity contribution in [2.75, 3.05) is 6.67 Å². The summed E-state index contributed by atoms with van der Waals surface area (Å²) >= 11 is 0. The van der Waals surface area contributed by atoms with Crippen molar-refractivity contribution < 1.29 is 14.3 Å². The zero-order valence-corrected chi connectivity index (χ0v) is 6.87. The molecule has 0 aromatic carbocycles. The molecule has 0 saturated heterocycles. The lowest BCUT2D eigenvalue weighted by Gasteiger charge is -2.05. The monoisotopic (exact) mass is 172 g/mol. The number of hydrogen-bond donors (Lipinski definition) is 1. The summed E-state index contributed by atoms with van der Waals surface area (Å²) in [5.41, 5.74) is 0. The molecule has 0 aromatic heterocycles. The summed E-state index contributed by atoms with van der Waals surface area (Å²) in [6.07, 6.45) is 5.18. The summed E-state index contributed by atoms with van der Waals surface area (Å²) in [6.45, 7) is 3.08. The second-order valence-electron chi connectivity index (χ2n) is 2.46. The van der Waals surface area contributed by atoms with Crippen LogP contribution in [0.4, 0.5) is 4.39 Å². The molecule has 12 heavy (non-hydrogen) atoms. The second-order valence-corrected chi connectivity index (χ2v) is 2.46. The van der Waals surface area contributed by atoms with Gasteiger partial charge in [0.05, 0.1) is 6.67 Å². The van der Waals surface area contributed by atoms with Crippen LogP contribution in [0.5, 0.6) is 0 Å². The topological polar surface area (TPSA) is 37.3 Å². The van der Waals surface area contributed by atoms with Crippen molar-refractivity contribution in [3.05, 3.63) is 24.8 Å². The van der Waals surface area contributed by atoms with Gasteiger partial charge in [-0.1, -0.05) is 12.2 Å². The molecule has 0 saturated carbocycles. The minimum atomic E-state index is -0.997. The van der Waals surface area contributed by atoms with Gasteiger partial charge in [0.2, 0.25) is 0 Å². The first-order chi connectivity index (χ1) is 5.70. The highest BCUT2D eigenvalue weighted by Crippen LogP contribution is 2.10. The van der Waals surface area contributed by atoms with Gasteiger partial charge in [-0.25, -0.2) is 4.79 Å². The van der Waals surface area contributed by atoms with E-state index in [4.69, 9.17) is 5.11 Å². The summed E-state index contributed by atoms with van der Waals surface area (Å²) in [5.74, 6) is -1.04. The zero-order chi connectivity index (χ0) is 9.40. The predicted octanol–water partition coefficient (Wildman–Crippen LogP) is 2.18. The molecule has 1 atom stereocenters. The van der Waals surface area contributed by atoms with Crippen molar-refractivity contribution in [1.82, 2.24) is 0 Å². The van der Waals surface area contributed by atoms with Crippen molar-refractivity contribution in [1.29, 1.82) is 0 Å². The van der Waals surface area contributed by atoms with Gasteiger partial charge in [0, 0.05) is 6.08 Å². The van der Waals surface area contributed by atoms with Crippen molar-refractivity contribution in [3.63, 3.8) is 0 Å². The lowest BCUT2D eigenvalue weighted by Crippen LogP contribution is -1.98. The van der Waals surface area contributed by atoms with Crippen molar-refractivity contribution >= 4 is 5.97 Å². The van der Waals surface area contributed by atoms with E-state index in [0.717, 1.165) is 6.08 Å². The number of aliphatic carboxylic acids is 1. The molecule has 0 fully saturated rings. The third kappa shape index (κ3) is 5.65. The van der Waals surface area contributed by atoms with E-state index in [-0.39, 0.29) is 5.92 Å². The number of allylic oxidation sites excluding steroid dienone is 2. The molecule has 0 aliphatic carbocycles. The molecule has 2 nitrogen and oxygen atoms in total. The maximum atomic E-state index is 11.9. The SMILES string of the molecule is C=CCC(/C=C/C(=O)O)CCF. The number of halogens is 1. The van der Waals surface area contributed by atoms with E-state index in [9.17, 15) is 9.18 Å². The van der Waals surface area contributed by atoms with Gasteiger partial charge in [0.25, 0.3) is 0 Å². The van der Waals surface area contributed by atoms with E-state index in [1.54, 1.807) is 6.08 Å². The van der Waals surface area contributed by atoms with Gasteiger partial charge < -0.3 is 5.11 Å². The fourth-order valence-corrected chi connectivity index (χ4v) is 0.865. The van der Waals surface area contributed by atoms with E-state index >= 15 is 0 Å². The maximum Gasteiger partial charge on any atom is 0.327 e. The third-order valence-corrected chi connectivity index (χ3v) is 1.46. The summed E-state index contributed by atoms with van der Waals surface area (Å²) < 4.78 is 11.9. The predicted molar refractivity (Wildman–Crippen MR) is 45.7 cm³/mol. The molecule has 0 aliphatic rings. The highest BCUT2D eigenvalue weighted by atomic mass is 19.1. The van der Waals surface area contributed by atoms with Crippen LogP contribution in [-0.4, -0.2) is 17.8 Å². The Hall–Kier alpha value is -1.12. The van der Waals surface area contributed by atoms with Gasteiger partial charge in [0.1, 0.15) is 0 Å². The van der Waals surface area contributed by atoms with Gasteiger partial charge in [-0.2, -0.15) is 0 Å². The fourth-order valence-electron chi connectivity index (χ4n) is 0.865. The Morgan fingerprint density at radius 3 is 2.75 bits per heavy atom. The molecule has 0 amide bonds. The highest BCUT2D eigenvalue weighted by Gasteiger charge is 2.02. The van der Waals surface area contributed by atoms with Crippen molar-refractivity contribution in [2.24, 2.45) is 5.92 Å². The van der Waals surface area contributed by atoms with Gasteiger partial charge in [0.15, 0.2) is 0 Å². The molecule has 0 rings (SSSR count). The van der Waals surface area contributed by atoms with Gasteiger partial charge in [-0.3, -0.25) is 4.39 Å². The maximum absolute atomic E-state index is 11.9. The lowest BCUT2D eigenvalue weighted by atomic mass is 10.0. The van der Waals surface area contributed by atoms with Crippen LogP contribution in [0.25, 0.3) is 0 Å².